The smallest absolute Gasteiger partial charge is 0.270 e. The Morgan fingerprint density at radius 2 is 2.07 bits per heavy atom. The lowest BCUT2D eigenvalue weighted by atomic mass is 10.1. The molecule has 0 spiro atoms. The summed E-state index contributed by atoms with van der Waals surface area (Å²) in [5, 5.41) is 0. The molecule has 5 rings (SSSR count). The highest BCUT2D eigenvalue weighted by Gasteiger charge is 2.31. The molecule has 7 heteroatoms. The molecule has 1 aromatic carbocycles. The summed E-state index contributed by atoms with van der Waals surface area (Å²) < 4.78 is 5.80. The molecular formula is C20H22N4O3. The van der Waals surface area contributed by atoms with E-state index in [4.69, 9.17) is 4.74 Å². The second-order valence-corrected chi connectivity index (χ2v) is 7.43. The predicted molar refractivity (Wildman–Crippen MR) is 102 cm³/mol. The molecule has 140 valence electrons. The Balaban J connectivity index is 1.44. The molecule has 3 aliphatic rings. The first kappa shape index (κ1) is 16.2. The molecule has 1 atom stereocenters. The fourth-order valence-corrected chi connectivity index (χ4v) is 4.24. The number of anilines is 3. The molecule has 4 heterocycles. The number of nitrogens with zero attached hydrogens (tertiary/aromatic N) is 3. The van der Waals surface area contributed by atoms with Crippen LogP contribution in [0.4, 0.5) is 17.2 Å². The van der Waals surface area contributed by atoms with Crippen molar-refractivity contribution in [3.8, 4) is 5.75 Å². The zero-order chi connectivity index (χ0) is 18.5. The zero-order valence-electron chi connectivity index (χ0n) is 15.3. The third-order valence-electron chi connectivity index (χ3n) is 5.85. The van der Waals surface area contributed by atoms with E-state index in [0.29, 0.717) is 18.2 Å². The van der Waals surface area contributed by atoms with Crippen LogP contribution in [0.5, 0.6) is 5.75 Å². The molecule has 1 fully saturated rings. The molecule has 1 aromatic heterocycles. The number of amides is 1. The van der Waals surface area contributed by atoms with Crippen molar-refractivity contribution in [1.29, 1.82) is 0 Å². The number of rotatable bonds is 3. The summed E-state index contributed by atoms with van der Waals surface area (Å²) in [6, 6.07) is 7.90. The first-order chi connectivity index (χ1) is 13.2. The highest BCUT2D eigenvalue weighted by atomic mass is 16.5. The number of benzene rings is 1. The highest BCUT2D eigenvalue weighted by molar-refractivity contribution is 5.95. The van der Waals surface area contributed by atoms with Crippen LogP contribution in [0.2, 0.25) is 0 Å². The van der Waals surface area contributed by atoms with E-state index in [1.165, 1.54) is 5.56 Å². The lowest BCUT2D eigenvalue weighted by Crippen LogP contribution is -2.29. The van der Waals surface area contributed by atoms with Crippen LogP contribution in [0.3, 0.4) is 0 Å². The number of aldehydes is 1. The third kappa shape index (κ3) is 2.49. The summed E-state index contributed by atoms with van der Waals surface area (Å²) in [5.74, 6) is 1.55. The SMILES string of the molecule is CN1c2cc(N3COc4cc(C(=O)N5CCCC5)[nH]c43)ccc2CC1C=O. The first-order valence-electron chi connectivity index (χ1n) is 9.39. The number of hydrogen-bond acceptors (Lipinski definition) is 5. The number of aromatic amines is 1. The van der Waals surface area contributed by atoms with Gasteiger partial charge in [0, 0.05) is 44.0 Å². The average molecular weight is 366 g/mol. The standard InChI is InChI=1S/C20H22N4O3/c1-22-15(11-25)8-13-4-5-14(9-17(13)22)24-12-27-18-10-16(21-19(18)24)20(26)23-6-2-3-7-23/h4-5,9-11,15,21H,2-3,6-8,12H2,1H3. The Morgan fingerprint density at radius 3 is 2.85 bits per heavy atom. The van der Waals surface area contributed by atoms with Crippen LogP contribution in [0.25, 0.3) is 0 Å². The number of carbonyl (C=O) groups excluding carboxylic acids is 2. The minimum absolute atomic E-state index is 0.0351. The van der Waals surface area contributed by atoms with E-state index < -0.39 is 0 Å². The van der Waals surface area contributed by atoms with E-state index in [-0.39, 0.29) is 11.9 Å². The van der Waals surface area contributed by atoms with Crippen molar-refractivity contribution in [2.45, 2.75) is 25.3 Å². The summed E-state index contributed by atoms with van der Waals surface area (Å²) in [4.78, 5) is 33.1. The number of fused-ring (bicyclic) bond motifs is 2. The fourth-order valence-electron chi connectivity index (χ4n) is 4.24. The van der Waals surface area contributed by atoms with Gasteiger partial charge in [-0.1, -0.05) is 6.07 Å². The topological polar surface area (TPSA) is 68.9 Å². The minimum atomic E-state index is -0.101. The predicted octanol–water partition coefficient (Wildman–Crippen LogP) is 2.30. The van der Waals surface area contributed by atoms with Crippen molar-refractivity contribution >= 4 is 29.4 Å². The normalized spacial score (nSPS) is 20.6. The van der Waals surface area contributed by atoms with E-state index >= 15 is 0 Å². The Hall–Kier alpha value is -2.96. The van der Waals surface area contributed by atoms with E-state index in [9.17, 15) is 9.59 Å². The van der Waals surface area contributed by atoms with Crippen LogP contribution in [0.1, 0.15) is 28.9 Å². The molecule has 27 heavy (non-hydrogen) atoms. The third-order valence-corrected chi connectivity index (χ3v) is 5.85. The van der Waals surface area contributed by atoms with E-state index in [0.717, 1.165) is 55.8 Å². The van der Waals surface area contributed by atoms with Crippen LogP contribution in [-0.4, -0.2) is 55.0 Å². The summed E-state index contributed by atoms with van der Waals surface area (Å²) >= 11 is 0. The highest BCUT2D eigenvalue weighted by Crippen LogP contribution is 2.42. The Kier molecular flexibility index (Phi) is 3.63. The van der Waals surface area contributed by atoms with Gasteiger partial charge in [-0.2, -0.15) is 0 Å². The second kappa shape index (κ2) is 6.04. The van der Waals surface area contributed by atoms with Gasteiger partial charge in [-0.25, -0.2) is 0 Å². The maximum Gasteiger partial charge on any atom is 0.270 e. The number of likely N-dealkylation sites (N-methyl/N-ethyl adjacent to an activating group) is 1. The average Bonchev–Trinajstić information content (AvgIpc) is 3.45. The van der Waals surface area contributed by atoms with Crippen molar-refractivity contribution in [1.82, 2.24) is 9.88 Å². The maximum atomic E-state index is 12.6. The largest absolute Gasteiger partial charge is 0.469 e. The quantitative estimate of drug-likeness (QED) is 0.844. The van der Waals surface area contributed by atoms with Gasteiger partial charge < -0.3 is 24.3 Å². The minimum Gasteiger partial charge on any atom is -0.469 e. The number of carbonyl (C=O) groups is 2. The lowest BCUT2D eigenvalue weighted by Gasteiger charge is -2.21. The van der Waals surface area contributed by atoms with Crippen LogP contribution in [0, 0.1) is 0 Å². The van der Waals surface area contributed by atoms with E-state index in [2.05, 4.69) is 17.1 Å². The van der Waals surface area contributed by atoms with Crippen molar-refractivity contribution in [3.63, 3.8) is 0 Å². The van der Waals surface area contributed by atoms with Gasteiger partial charge in [0.2, 0.25) is 0 Å². The molecule has 0 aliphatic carbocycles. The molecule has 1 unspecified atom stereocenters. The van der Waals surface area contributed by atoms with E-state index in [1.54, 1.807) is 6.07 Å². The van der Waals surface area contributed by atoms with Gasteiger partial charge in [0.05, 0.1) is 6.04 Å². The van der Waals surface area contributed by atoms with Crippen molar-refractivity contribution in [2.24, 2.45) is 0 Å². The molecule has 0 saturated carbocycles. The Bertz CT molecular complexity index is 916. The number of H-pyrrole nitrogens is 1. The molecule has 0 radical (unpaired) electrons. The molecule has 1 amide bonds. The number of aromatic nitrogens is 1. The molecule has 2 aromatic rings. The van der Waals surface area contributed by atoms with Crippen LogP contribution in [-0.2, 0) is 11.2 Å². The van der Waals surface area contributed by atoms with Gasteiger partial charge >= 0.3 is 0 Å². The number of hydrogen-bond donors (Lipinski definition) is 1. The van der Waals surface area contributed by atoms with Crippen LogP contribution < -0.4 is 14.5 Å². The van der Waals surface area contributed by atoms with Gasteiger partial charge in [-0.3, -0.25) is 9.69 Å². The van der Waals surface area contributed by atoms with Gasteiger partial charge in [0.15, 0.2) is 18.3 Å². The first-order valence-corrected chi connectivity index (χ1v) is 9.39. The van der Waals surface area contributed by atoms with Crippen molar-refractivity contribution in [2.75, 3.05) is 36.7 Å². The van der Waals surface area contributed by atoms with Crippen molar-refractivity contribution < 1.29 is 14.3 Å². The number of likely N-dealkylation sites (tertiary alicyclic amines) is 1. The molecular weight excluding hydrogens is 344 g/mol. The fraction of sp³-hybridized carbons (Fsp3) is 0.400. The lowest BCUT2D eigenvalue weighted by molar-refractivity contribution is -0.108. The summed E-state index contributed by atoms with van der Waals surface area (Å²) in [7, 11) is 1.95. The Morgan fingerprint density at radius 1 is 1.26 bits per heavy atom. The van der Waals surface area contributed by atoms with Crippen LogP contribution >= 0.6 is 0 Å². The van der Waals surface area contributed by atoms with Gasteiger partial charge in [-0.15, -0.1) is 0 Å². The maximum absolute atomic E-state index is 12.6. The van der Waals surface area contributed by atoms with E-state index in [1.807, 2.05) is 27.8 Å². The molecule has 7 nitrogen and oxygen atoms in total. The summed E-state index contributed by atoms with van der Waals surface area (Å²) in [6.45, 7) is 2.04. The monoisotopic (exact) mass is 366 g/mol. The summed E-state index contributed by atoms with van der Waals surface area (Å²) in [5.41, 5.74) is 3.80. The molecule has 1 saturated heterocycles. The molecule has 1 N–H and O–H groups in total. The summed E-state index contributed by atoms with van der Waals surface area (Å²) in [6.07, 6.45) is 3.88. The van der Waals surface area contributed by atoms with Gasteiger partial charge in [-0.05, 0) is 30.5 Å². The van der Waals surface area contributed by atoms with Crippen LogP contribution in [0.15, 0.2) is 24.3 Å². The van der Waals surface area contributed by atoms with Crippen molar-refractivity contribution in [3.05, 3.63) is 35.5 Å². The molecule has 3 aliphatic heterocycles. The molecule has 0 bridgehead atoms. The number of ether oxygens (including phenoxy) is 1. The number of nitrogens with one attached hydrogen (secondary N) is 1. The second-order valence-electron chi connectivity index (χ2n) is 7.43. The van der Waals surface area contributed by atoms with Gasteiger partial charge in [0.1, 0.15) is 12.0 Å². The zero-order valence-corrected chi connectivity index (χ0v) is 15.3. The Labute approximate surface area is 157 Å². The van der Waals surface area contributed by atoms with Gasteiger partial charge in [0.25, 0.3) is 5.91 Å².